The smallest absolute Gasteiger partial charge is 0.185 e. The average Bonchev–Trinajstić information content (AvgIpc) is 2.84. The minimum Gasteiger partial charge on any atom is -0.386 e. The maximum absolute atomic E-state index is 14.9. The Hall–Kier alpha value is -3.10. The van der Waals surface area contributed by atoms with E-state index in [4.69, 9.17) is 5.73 Å². The number of Topliss-reactive ketones (excluding diaryl/α,β-unsaturated/α-hetero) is 1. The number of ketones is 1. The zero-order valence-electron chi connectivity index (χ0n) is 22.1. The second-order valence-electron chi connectivity index (χ2n) is 11.2. The Balaban J connectivity index is 1.64. The molecule has 0 bridgehead atoms. The van der Waals surface area contributed by atoms with E-state index < -0.39 is 40.1 Å². The molecule has 1 saturated carbocycles. The number of pyridine rings is 2. The first-order chi connectivity index (χ1) is 17.8. The summed E-state index contributed by atoms with van der Waals surface area (Å²) in [4.78, 5) is 21.5. The first-order valence-electron chi connectivity index (χ1n) is 13.0. The molecule has 1 fully saturated rings. The van der Waals surface area contributed by atoms with E-state index in [1.807, 2.05) is 6.07 Å². The Morgan fingerprint density at radius 1 is 1.08 bits per heavy atom. The summed E-state index contributed by atoms with van der Waals surface area (Å²) in [5.74, 6) is -2.39. The van der Waals surface area contributed by atoms with Crippen LogP contribution in [0.1, 0.15) is 80.1 Å². The Labute approximate surface area is 221 Å². The quantitative estimate of drug-likeness (QED) is 0.365. The number of halogens is 3. The molecule has 0 unspecified atom stereocenters. The molecule has 202 valence electrons. The Morgan fingerprint density at radius 2 is 1.76 bits per heavy atom. The van der Waals surface area contributed by atoms with Crippen LogP contribution in [0.15, 0.2) is 42.7 Å². The van der Waals surface area contributed by atoms with E-state index in [0.717, 1.165) is 48.6 Å². The highest BCUT2D eigenvalue weighted by Crippen LogP contribution is 2.40. The van der Waals surface area contributed by atoms with E-state index >= 15 is 0 Å². The molecule has 0 amide bonds. The minimum atomic E-state index is -1.50. The molecule has 8 heteroatoms. The summed E-state index contributed by atoms with van der Waals surface area (Å²) in [5.41, 5.74) is 5.22. The van der Waals surface area contributed by atoms with Gasteiger partial charge in [0.15, 0.2) is 5.78 Å². The van der Waals surface area contributed by atoms with Crippen molar-refractivity contribution in [3.8, 4) is 11.3 Å². The molecule has 2 heterocycles. The third-order valence-electron chi connectivity index (χ3n) is 7.57. The highest BCUT2D eigenvalue weighted by atomic mass is 19.1. The van der Waals surface area contributed by atoms with E-state index in [0.29, 0.717) is 11.8 Å². The first-order valence-corrected chi connectivity index (χ1v) is 13.0. The number of aliphatic hydroxyl groups is 1. The summed E-state index contributed by atoms with van der Waals surface area (Å²) in [7, 11) is 0. The summed E-state index contributed by atoms with van der Waals surface area (Å²) in [6.07, 6.45) is 6.06. The van der Waals surface area contributed by atoms with Crippen LogP contribution in [0.25, 0.3) is 11.3 Å². The monoisotopic (exact) mass is 525 g/mol. The zero-order chi connectivity index (χ0) is 27.8. The standard InChI is InChI=1S/C30H34F3N3O2/c1-16(2)17-9-18(11-21(34)10-17)22-7-8-35-15-19(22)12-27(37)26-6-5-23(31)29(36-26)28-24(32)13-20(14-25(28)33)30(3,4)38/h5-8,13-18,21,38H,9-12,34H2,1-4H3/t17-,18+,21-/m0/s1. The second-order valence-corrected chi connectivity index (χ2v) is 11.2. The van der Waals surface area contributed by atoms with Crippen LogP contribution in [-0.4, -0.2) is 26.9 Å². The Bertz CT molecular complexity index is 1310. The molecule has 0 saturated heterocycles. The molecule has 1 aliphatic rings. The van der Waals surface area contributed by atoms with Gasteiger partial charge in [0.05, 0.1) is 11.2 Å². The predicted molar refractivity (Wildman–Crippen MR) is 140 cm³/mol. The third kappa shape index (κ3) is 5.97. The van der Waals surface area contributed by atoms with Crippen LogP contribution >= 0.6 is 0 Å². The first kappa shape index (κ1) is 27.9. The summed E-state index contributed by atoms with van der Waals surface area (Å²) >= 11 is 0. The summed E-state index contributed by atoms with van der Waals surface area (Å²) in [6, 6.07) is 6.07. The molecule has 0 radical (unpaired) electrons. The summed E-state index contributed by atoms with van der Waals surface area (Å²) in [5, 5.41) is 10.1. The third-order valence-corrected chi connectivity index (χ3v) is 7.57. The van der Waals surface area contributed by atoms with Gasteiger partial charge in [-0.25, -0.2) is 18.2 Å². The normalized spacial score (nSPS) is 20.1. The molecule has 3 atom stereocenters. The van der Waals surface area contributed by atoms with Gasteiger partial charge in [0, 0.05) is 24.9 Å². The van der Waals surface area contributed by atoms with E-state index in [1.54, 1.807) is 12.4 Å². The van der Waals surface area contributed by atoms with Crippen molar-refractivity contribution in [1.29, 1.82) is 0 Å². The van der Waals surface area contributed by atoms with Crippen molar-refractivity contribution >= 4 is 5.78 Å². The Kier molecular flexibility index (Phi) is 8.04. The molecule has 1 aromatic carbocycles. The van der Waals surface area contributed by atoms with Crippen molar-refractivity contribution in [2.75, 3.05) is 0 Å². The number of hydrogen-bond donors (Lipinski definition) is 2. The number of aromatic nitrogens is 2. The van der Waals surface area contributed by atoms with Crippen molar-refractivity contribution < 1.29 is 23.1 Å². The lowest BCUT2D eigenvalue weighted by Gasteiger charge is -2.36. The molecule has 4 rings (SSSR count). The number of hydrogen-bond acceptors (Lipinski definition) is 5. The number of carbonyl (C=O) groups excluding carboxylic acids is 1. The van der Waals surface area contributed by atoms with Crippen molar-refractivity contribution in [2.24, 2.45) is 17.6 Å². The topological polar surface area (TPSA) is 89.1 Å². The van der Waals surface area contributed by atoms with Crippen LogP contribution in [0.3, 0.4) is 0 Å². The van der Waals surface area contributed by atoms with Crippen LogP contribution in [0.5, 0.6) is 0 Å². The van der Waals surface area contributed by atoms with Crippen LogP contribution < -0.4 is 5.73 Å². The fourth-order valence-electron chi connectivity index (χ4n) is 5.38. The van der Waals surface area contributed by atoms with Crippen LogP contribution in [0.2, 0.25) is 0 Å². The van der Waals surface area contributed by atoms with E-state index in [2.05, 4.69) is 23.8 Å². The van der Waals surface area contributed by atoms with Crippen molar-refractivity contribution in [2.45, 2.75) is 70.9 Å². The van der Waals surface area contributed by atoms with E-state index in [-0.39, 0.29) is 29.6 Å². The maximum Gasteiger partial charge on any atom is 0.185 e. The molecule has 0 spiro atoms. The molecule has 38 heavy (non-hydrogen) atoms. The fraction of sp³-hybridized carbons (Fsp3) is 0.433. The van der Waals surface area contributed by atoms with Gasteiger partial charge >= 0.3 is 0 Å². The molecular formula is C30H34F3N3O2. The zero-order valence-corrected chi connectivity index (χ0v) is 22.1. The van der Waals surface area contributed by atoms with Gasteiger partial charge in [-0.2, -0.15) is 0 Å². The summed E-state index contributed by atoms with van der Waals surface area (Å²) < 4.78 is 44.5. The van der Waals surface area contributed by atoms with Crippen molar-refractivity contribution in [1.82, 2.24) is 9.97 Å². The SMILES string of the molecule is CC(C)[C@@H]1C[C@H](N)C[C@H](c2ccncc2CC(=O)c2ccc(F)c(-c3c(F)cc(C(C)(C)O)cc3F)n2)C1. The molecule has 2 aromatic heterocycles. The maximum atomic E-state index is 14.9. The van der Waals surface area contributed by atoms with Gasteiger partial charge in [0.25, 0.3) is 0 Å². The molecule has 3 N–H and O–H groups in total. The lowest BCUT2D eigenvalue weighted by Crippen LogP contribution is -2.34. The van der Waals surface area contributed by atoms with Gasteiger partial charge in [-0.05, 0) is 97.9 Å². The van der Waals surface area contributed by atoms with E-state index in [9.17, 15) is 23.1 Å². The number of nitrogens with two attached hydrogens (primary N) is 1. The molecular weight excluding hydrogens is 491 g/mol. The van der Waals surface area contributed by atoms with Gasteiger partial charge in [-0.1, -0.05) is 13.8 Å². The van der Waals surface area contributed by atoms with Gasteiger partial charge in [0.2, 0.25) is 0 Å². The lowest BCUT2D eigenvalue weighted by atomic mass is 9.71. The van der Waals surface area contributed by atoms with Gasteiger partial charge in [-0.15, -0.1) is 0 Å². The van der Waals surface area contributed by atoms with Crippen LogP contribution in [-0.2, 0) is 12.0 Å². The minimum absolute atomic E-state index is 0.00451. The van der Waals surface area contributed by atoms with Crippen molar-refractivity contribution in [3.05, 3.63) is 82.6 Å². The molecule has 5 nitrogen and oxygen atoms in total. The summed E-state index contributed by atoms with van der Waals surface area (Å²) in [6.45, 7) is 7.15. The Morgan fingerprint density at radius 3 is 2.39 bits per heavy atom. The van der Waals surface area contributed by atoms with E-state index in [1.165, 1.54) is 19.9 Å². The molecule has 3 aromatic rings. The largest absolute Gasteiger partial charge is 0.386 e. The van der Waals surface area contributed by atoms with Gasteiger partial charge in [-0.3, -0.25) is 9.78 Å². The number of rotatable bonds is 7. The van der Waals surface area contributed by atoms with Crippen molar-refractivity contribution in [3.63, 3.8) is 0 Å². The lowest BCUT2D eigenvalue weighted by molar-refractivity contribution is 0.0778. The predicted octanol–water partition coefficient (Wildman–Crippen LogP) is 6.08. The van der Waals surface area contributed by atoms with Crippen LogP contribution in [0, 0.1) is 29.3 Å². The van der Waals surface area contributed by atoms with Gasteiger partial charge < -0.3 is 10.8 Å². The van der Waals surface area contributed by atoms with Gasteiger partial charge in [0.1, 0.15) is 28.8 Å². The highest BCUT2D eigenvalue weighted by molar-refractivity contribution is 5.96. The number of carbonyl (C=O) groups is 1. The molecule has 0 aliphatic heterocycles. The second kappa shape index (κ2) is 10.9. The highest BCUT2D eigenvalue weighted by Gasteiger charge is 2.31. The number of nitrogens with zero attached hydrogens (tertiary/aromatic N) is 2. The average molecular weight is 526 g/mol. The van der Waals surface area contributed by atoms with Crippen LogP contribution in [0.4, 0.5) is 13.2 Å². The fourth-order valence-corrected chi connectivity index (χ4v) is 5.38. The molecule has 1 aliphatic carbocycles. The number of benzene rings is 1.